The molecule has 19 nitrogen and oxygen atoms in total. The molecule has 0 amide bonds. The predicted octanol–water partition coefficient (Wildman–Crippen LogP) is 2.02. The van der Waals surface area contributed by atoms with Crippen LogP contribution in [-0.2, 0) is 67.7 Å². The van der Waals surface area contributed by atoms with Gasteiger partial charge in [-0.2, -0.15) is 0 Å². The second-order valence-corrected chi connectivity index (χ2v) is 16.6. The lowest BCUT2D eigenvalue weighted by molar-refractivity contribution is -0.262. The van der Waals surface area contributed by atoms with E-state index in [1.54, 1.807) is 32.3 Å². The fraction of sp³-hybridized carbons (Fsp3) is 0.731. The van der Waals surface area contributed by atoms with Crippen LogP contribution in [0.15, 0.2) is 12.7 Å². The van der Waals surface area contributed by atoms with Crippen LogP contribution in [-0.4, -0.2) is 103 Å². The number of fused-ring (bicyclic) bond motifs is 2. The molecule has 3 aliphatic heterocycles. The highest BCUT2D eigenvalue weighted by Gasteiger charge is 2.57. The highest BCUT2D eigenvalue weighted by molar-refractivity contribution is 8.08. The van der Waals surface area contributed by atoms with Crippen molar-refractivity contribution in [2.75, 3.05) is 18.9 Å². The van der Waals surface area contributed by atoms with Crippen LogP contribution in [0.25, 0.3) is 11.2 Å². The number of esters is 2. The maximum absolute atomic E-state index is 15.1. The molecular formula is C26H38FN5O14P2S. The number of carbonyl (C=O) groups excluding carboxylic acids is 2. The van der Waals surface area contributed by atoms with E-state index in [4.69, 9.17) is 59.3 Å². The first-order valence-corrected chi connectivity index (χ1v) is 19.1. The fourth-order valence-corrected chi connectivity index (χ4v) is 8.99. The molecule has 274 valence electrons. The Hall–Kier alpha value is -2.26. The SMILES string of the molecule is CC(=O)OC[C@H](F)C1O[C@@H](OP(=O)(O)OP(O)(=S)OC[C@H]2O[C@@H](n3cnc4c(N)ncnc43)[C@H]3OC(C)(C)OC23)C(OC(C)=O)[C@@H](C)[C@@H]1C. The van der Waals surface area contributed by atoms with E-state index in [1.165, 1.54) is 12.7 Å². The average molecular weight is 758 g/mol. The quantitative estimate of drug-likeness (QED) is 0.207. The third-order valence-corrected chi connectivity index (χ3v) is 11.7. The lowest BCUT2D eigenvalue weighted by atomic mass is 9.82. The van der Waals surface area contributed by atoms with Gasteiger partial charge in [-0.25, -0.2) is 28.2 Å². The van der Waals surface area contributed by atoms with Crippen LogP contribution in [0.5, 0.6) is 0 Å². The number of alkyl halides is 1. The van der Waals surface area contributed by atoms with Crippen molar-refractivity contribution in [3.63, 3.8) is 0 Å². The van der Waals surface area contributed by atoms with Crippen LogP contribution in [0.2, 0.25) is 0 Å². The Morgan fingerprint density at radius 2 is 1.82 bits per heavy atom. The van der Waals surface area contributed by atoms with Crippen LogP contribution in [0.4, 0.5) is 10.2 Å². The molecule has 5 rings (SSSR count). The standard InChI is InChI=1S/C26H38FN5O14P2S/c1-11-12(2)19(40-14(4)34)25(42-18(11)15(27)7-38-13(3)33)45-47(35,36)46-48(37,49)39-8-16-20-21(44-26(5,6)43-20)24(41-16)32-10-31-17-22(28)29-9-30-23(17)32/h9-12,15-16,18-21,24-25H,7-8H2,1-6H3,(H,35,36)(H,37,49)(H2,28,29,30)/t11-,12-,15-,16+,18?,19?,20?,21-,24+,25-,48?/m0/s1. The molecule has 0 saturated carbocycles. The van der Waals surface area contributed by atoms with E-state index in [0.717, 1.165) is 13.8 Å². The third-order valence-electron chi connectivity index (χ3n) is 8.16. The van der Waals surface area contributed by atoms with Crippen molar-refractivity contribution >= 4 is 55.3 Å². The predicted molar refractivity (Wildman–Crippen MR) is 166 cm³/mol. The molecule has 0 spiro atoms. The molecule has 3 fully saturated rings. The first kappa shape index (κ1) is 38.0. The molecule has 2 aromatic rings. The van der Waals surface area contributed by atoms with E-state index in [1.807, 2.05) is 0 Å². The van der Waals surface area contributed by atoms with Gasteiger partial charge >= 0.3 is 26.5 Å². The summed E-state index contributed by atoms with van der Waals surface area (Å²) in [5.41, 5.74) is 6.61. The molecule has 0 aromatic carbocycles. The number of hydrogen-bond acceptors (Lipinski definition) is 17. The number of nitrogen functional groups attached to an aromatic ring is 1. The molecule has 3 aliphatic rings. The van der Waals surface area contributed by atoms with E-state index < -0.39 is 107 Å². The van der Waals surface area contributed by atoms with Crippen LogP contribution in [0, 0.1) is 11.8 Å². The van der Waals surface area contributed by atoms with Crippen molar-refractivity contribution in [2.45, 2.75) is 96.5 Å². The largest absolute Gasteiger partial charge is 0.481 e. The van der Waals surface area contributed by atoms with Crippen molar-refractivity contribution in [3.05, 3.63) is 12.7 Å². The molecule has 23 heteroatoms. The Bertz CT molecular complexity index is 1650. The number of nitrogens with zero attached hydrogens (tertiary/aromatic N) is 4. The first-order chi connectivity index (χ1) is 22.8. The number of nitrogens with two attached hydrogens (primary N) is 1. The second kappa shape index (κ2) is 14.4. The molecule has 0 bridgehead atoms. The molecular weight excluding hydrogens is 719 g/mol. The molecule has 5 heterocycles. The van der Waals surface area contributed by atoms with Gasteiger partial charge in [0.1, 0.15) is 36.8 Å². The van der Waals surface area contributed by atoms with Crippen molar-refractivity contribution in [1.29, 1.82) is 0 Å². The number of carbonyl (C=O) groups is 2. The molecule has 0 radical (unpaired) electrons. The highest BCUT2D eigenvalue weighted by Crippen LogP contribution is 2.62. The van der Waals surface area contributed by atoms with Gasteiger partial charge in [-0.05, 0) is 31.6 Å². The summed E-state index contributed by atoms with van der Waals surface area (Å²) in [6.07, 6.45) is -6.98. The number of imidazole rings is 1. The van der Waals surface area contributed by atoms with Gasteiger partial charge in [-0.3, -0.25) is 18.7 Å². The van der Waals surface area contributed by atoms with Crippen LogP contribution in [0.1, 0.15) is 47.8 Å². The van der Waals surface area contributed by atoms with Gasteiger partial charge in [-0.1, -0.05) is 13.8 Å². The second-order valence-electron chi connectivity index (χ2n) is 12.2. The van der Waals surface area contributed by atoms with Crippen molar-refractivity contribution in [2.24, 2.45) is 11.8 Å². The Morgan fingerprint density at radius 1 is 1.12 bits per heavy atom. The van der Waals surface area contributed by atoms with Gasteiger partial charge in [0.15, 0.2) is 35.8 Å². The average Bonchev–Trinajstić information content (AvgIpc) is 3.65. The summed E-state index contributed by atoms with van der Waals surface area (Å²) in [4.78, 5) is 57.0. The zero-order valence-electron chi connectivity index (χ0n) is 27.2. The fourth-order valence-electron chi connectivity index (χ4n) is 5.89. The number of anilines is 1. The summed E-state index contributed by atoms with van der Waals surface area (Å²) >= 11 is 5.01. The summed E-state index contributed by atoms with van der Waals surface area (Å²) in [6, 6.07) is 0. The number of phosphoric acid groups is 1. The molecule has 2 aromatic heterocycles. The van der Waals surface area contributed by atoms with E-state index in [9.17, 15) is 23.9 Å². The number of aromatic nitrogens is 4. The summed E-state index contributed by atoms with van der Waals surface area (Å²) in [5, 5.41) is 0. The Balaban J connectivity index is 1.28. The number of hydrogen-bond donors (Lipinski definition) is 3. The van der Waals surface area contributed by atoms with Crippen molar-refractivity contribution in [3.8, 4) is 0 Å². The van der Waals surface area contributed by atoms with E-state index >= 15 is 4.39 Å². The lowest BCUT2D eigenvalue weighted by Gasteiger charge is -2.44. The molecule has 4 N–H and O–H groups in total. The number of rotatable bonds is 12. The molecule has 5 unspecified atom stereocenters. The smallest absolute Gasteiger partial charge is 0.463 e. The molecule has 0 aliphatic carbocycles. The third kappa shape index (κ3) is 8.62. The maximum atomic E-state index is 15.1. The molecule has 3 saturated heterocycles. The minimum Gasteiger partial charge on any atom is -0.463 e. The number of ether oxygens (including phenoxy) is 6. The minimum atomic E-state index is -5.37. The normalized spacial score (nSPS) is 34.1. The van der Waals surface area contributed by atoms with E-state index in [2.05, 4.69) is 15.0 Å². The monoisotopic (exact) mass is 757 g/mol. The van der Waals surface area contributed by atoms with Gasteiger partial charge in [-0.15, -0.1) is 0 Å². The van der Waals surface area contributed by atoms with Crippen LogP contribution in [0.3, 0.4) is 0 Å². The zero-order valence-corrected chi connectivity index (χ0v) is 29.8. The number of halogens is 1. The maximum Gasteiger partial charge on any atom is 0.481 e. The topological polar surface area (TPSA) is 244 Å². The van der Waals surface area contributed by atoms with Crippen molar-refractivity contribution in [1.82, 2.24) is 19.5 Å². The summed E-state index contributed by atoms with van der Waals surface area (Å²) in [6.45, 7) is 2.99. The van der Waals surface area contributed by atoms with Gasteiger partial charge in [0.25, 0.3) is 0 Å². The molecule has 49 heavy (non-hydrogen) atoms. The Kier molecular flexibility index (Phi) is 11.2. The van der Waals surface area contributed by atoms with Crippen molar-refractivity contribution < 1.29 is 70.1 Å². The summed E-state index contributed by atoms with van der Waals surface area (Å²) in [7, 11) is -5.37. The lowest BCUT2D eigenvalue weighted by Crippen LogP contribution is -2.55. The van der Waals surface area contributed by atoms with Gasteiger partial charge in [0.2, 0.25) is 6.29 Å². The molecule has 12 atom stereocenters. The van der Waals surface area contributed by atoms with Crippen LogP contribution >= 0.6 is 14.5 Å². The zero-order chi connectivity index (χ0) is 36.1. The van der Waals surface area contributed by atoms with Gasteiger partial charge in [0, 0.05) is 19.8 Å². The minimum absolute atomic E-state index is 0.152. The summed E-state index contributed by atoms with van der Waals surface area (Å²) in [5.74, 6) is -3.74. The van der Waals surface area contributed by atoms with Gasteiger partial charge < -0.3 is 48.5 Å². The summed E-state index contributed by atoms with van der Waals surface area (Å²) < 4.78 is 79.2. The Morgan fingerprint density at radius 3 is 2.49 bits per heavy atom. The van der Waals surface area contributed by atoms with E-state index in [-0.39, 0.29) is 5.82 Å². The van der Waals surface area contributed by atoms with Crippen LogP contribution < -0.4 is 5.73 Å². The number of phosphoric ester groups is 1. The van der Waals surface area contributed by atoms with E-state index in [0.29, 0.717) is 11.2 Å². The Labute approximate surface area is 284 Å². The highest BCUT2D eigenvalue weighted by atomic mass is 32.5. The first-order valence-electron chi connectivity index (χ1n) is 15.0. The van der Waals surface area contributed by atoms with Gasteiger partial charge in [0.05, 0.1) is 19.0 Å².